The highest BCUT2D eigenvalue weighted by Crippen LogP contribution is 1.98. The Morgan fingerprint density at radius 3 is 2.57 bits per heavy atom. The number of hydrogen-bond acceptors (Lipinski definition) is 1. The molecule has 14 heavy (non-hydrogen) atoms. The minimum absolute atomic E-state index is 0.134. The summed E-state index contributed by atoms with van der Waals surface area (Å²) in [6.45, 7) is 1.12. The molecule has 0 fully saturated rings. The number of hydrogen-bond donors (Lipinski definition) is 1. The van der Waals surface area contributed by atoms with E-state index in [4.69, 9.17) is 5.11 Å². The van der Waals surface area contributed by atoms with Gasteiger partial charge < -0.3 is 5.11 Å². The van der Waals surface area contributed by atoms with Crippen molar-refractivity contribution >= 4 is 5.97 Å². The molecule has 0 aliphatic carbocycles. The Labute approximate surface area is 83.8 Å². The van der Waals surface area contributed by atoms with Crippen LogP contribution in [0.2, 0.25) is 0 Å². The van der Waals surface area contributed by atoms with Crippen LogP contribution < -0.4 is 5.32 Å². The topological polar surface area (TPSA) is 51.4 Å². The van der Waals surface area contributed by atoms with Gasteiger partial charge >= 0.3 is 5.97 Å². The molecule has 1 N–H and O–H groups in total. The highest BCUT2D eigenvalue weighted by Gasteiger charge is 1.96. The van der Waals surface area contributed by atoms with E-state index in [2.05, 4.69) is 5.32 Å². The lowest BCUT2D eigenvalue weighted by Crippen LogP contribution is -2.13. The van der Waals surface area contributed by atoms with Gasteiger partial charge in [-0.05, 0) is 12.0 Å². The number of carboxylic acid groups (broad SMARTS) is 1. The Kier molecular flexibility index (Phi) is 4.72. The summed E-state index contributed by atoms with van der Waals surface area (Å²) in [6.07, 6.45) is 1.02. The minimum atomic E-state index is -0.784. The zero-order valence-corrected chi connectivity index (χ0v) is 8.02. The molecule has 0 bridgehead atoms. The lowest BCUT2D eigenvalue weighted by atomic mass is 10.1. The van der Waals surface area contributed by atoms with Gasteiger partial charge in [-0.15, -0.1) is 0 Å². The first-order valence-corrected chi connectivity index (χ1v) is 4.68. The van der Waals surface area contributed by atoms with Gasteiger partial charge in [-0.25, -0.2) is 5.32 Å². The lowest BCUT2D eigenvalue weighted by Gasteiger charge is -2.00. The molecule has 3 heteroatoms. The van der Waals surface area contributed by atoms with E-state index in [0.717, 1.165) is 6.42 Å². The quantitative estimate of drug-likeness (QED) is 0.691. The zero-order valence-electron chi connectivity index (χ0n) is 8.02. The van der Waals surface area contributed by atoms with Crippen LogP contribution in [-0.2, 0) is 11.2 Å². The Hall–Kier alpha value is -1.35. The molecule has 0 unspecified atom stereocenters. The van der Waals surface area contributed by atoms with Crippen LogP contribution in [0.5, 0.6) is 0 Å². The number of benzene rings is 1. The van der Waals surface area contributed by atoms with Gasteiger partial charge in [0.1, 0.15) is 0 Å². The van der Waals surface area contributed by atoms with Crippen LogP contribution in [0.3, 0.4) is 0 Å². The van der Waals surface area contributed by atoms with Crippen LogP contribution in [0, 0.1) is 0 Å². The van der Waals surface area contributed by atoms with Gasteiger partial charge in [-0.1, -0.05) is 30.3 Å². The third-order valence-electron chi connectivity index (χ3n) is 1.89. The molecule has 1 rings (SSSR count). The summed E-state index contributed by atoms with van der Waals surface area (Å²) in [5, 5.41) is 12.5. The molecule has 75 valence electrons. The third kappa shape index (κ3) is 4.62. The van der Waals surface area contributed by atoms with Crippen molar-refractivity contribution in [2.45, 2.75) is 12.8 Å². The molecule has 1 aromatic carbocycles. The molecule has 0 aliphatic heterocycles. The second-order valence-electron chi connectivity index (χ2n) is 3.05. The van der Waals surface area contributed by atoms with Crippen molar-refractivity contribution in [3.05, 3.63) is 35.9 Å². The minimum Gasteiger partial charge on any atom is -0.481 e. The van der Waals surface area contributed by atoms with Crippen LogP contribution in [0.4, 0.5) is 0 Å². The molecule has 0 aliphatic rings. The van der Waals surface area contributed by atoms with Crippen LogP contribution in [0.25, 0.3) is 0 Å². The van der Waals surface area contributed by atoms with Crippen LogP contribution in [0.15, 0.2) is 30.3 Å². The smallest absolute Gasteiger partial charge is 0.304 e. The van der Waals surface area contributed by atoms with Crippen molar-refractivity contribution in [3.63, 3.8) is 0 Å². The first-order valence-electron chi connectivity index (χ1n) is 4.68. The van der Waals surface area contributed by atoms with E-state index in [1.165, 1.54) is 5.56 Å². The summed E-state index contributed by atoms with van der Waals surface area (Å²) in [5.41, 5.74) is 1.24. The summed E-state index contributed by atoms with van der Waals surface area (Å²) in [7, 11) is 0. The Balaban J connectivity index is 2.08. The molecular formula is C11H14NO2. The van der Waals surface area contributed by atoms with Gasteiger partial charge in [-0.3, -0.25) is 4.79 Å². The predicted octanol–water partition coefficient (Wildman–Crippen LogP) is 1.31. The van der Waals surface area contributed by atoms with Crippen molar-refractivity contribution in [2.75, 3.05) is 13.1 Å². The molecule has 0 saturated heterocycles. The van der Waals surface area contributed by atoms with E-state index >= 15 is 0 Å². The highest BCUT2D eigenvalue weighted by molar-refractivity contribution is 5.66. The molecule has 0 amide bonds. The summed E-state index contributed by atoms with van der Waals surface area (Å²) in [4.78, 5) is 10.2. The monoisotopic (exact) mass is 192 g/mol. The summed E-state index contributed by atoms with van der Waals surface area (Å²) in [6, 6.07) is 10.1. The molecule has 0 saturated carbocycles. The first-order chi connectivity index (χ1) is 6.79. The first kappa shape index (κ1) is 10.7. The van der Waals surface area contributed by atoms with Gasteiger partial charge in [0.25, 0.3) is 0 Å². The van der Waals surface area contributed by atoms with Crippen molar-refractivity contribution in [1.82, 2.24) is 5.32 Å². The molecule has 0 spiro atoms. The lowest BCUT2D eigenvalue weighted by molar-refractivity contribution is -0.136. The largest absolute Gasteiger partial charge is 0.481 e. The fraction of sp³-hybridized carbons (Fsp3) is 0.364. The second-order valence-corrected chi connectivity index (χ2v) is 3.05. The van der Waals surface area contributed by atoms with Gasteiger partial charge in [0.05, 0.1) is 6.42 Å². The fourth-order valence-electron chi connectivity index (χ4n) is 1.14. The average molecular weight is 192 g/mol. The standard InChI is InChI=1S/C11H14NO2/c13-11(14)7-9-12-8-6-10-4-2-1-3-5-10/h1-5H,6-9H2,(H,13,14). The fourth-order valence-corrected chi connectivity index (χ4v) is 1.14. The van der Waals surface area contributed by atoms with E-state index in [1.807, 2.05) is 30.3 Å². The molecule has 1 radical (unpaired) electrons. The molecule has 0 atom stereocenters. The number of carbonyl (C=O) groups is 1. The van der Waals surface area contributed by atoms with Crippen LogP contribution in [0.1, 0.15) is 12.0 Å². The highest BCUT2D eigenvalue weighted by atomic mass is 16.4. The SMILES string of the molecule is O=C(O)CC[N]CCc1ccccc1. The van der Waals surface area contributed by atoms with Crippen molar-refractivity contribution < 1.29 is 9.90 Å². The van der Waals surface area contributed by atoms with Crippen LogP contribution in [-0.4, -0.2) is 24.2 Å². The number of carboxylic acids is 1. The van der Waals surface area contributed by atoms with E-state index in [9.17, 15) is 4.79 Å². The molecule has 1 aromatic rings. The molecule has 0 heterocycles. The summed E-state index contributed by atoms with van der Waals surface area (Å²) in [5.74, 6) is -0.784. The number of aliphatic carboxylic acids is 1. The maximum absolute atomic E-state index is 10.2. The third-order valence-corrected chi connectivity index (χ3v) is 1.89. The summed E-state index contributed by atoms with van der Waals surface area (Å²) >= 11 is 0. The summed E-state index contributed by atoms with van der Waals surface area (Å²) < 4.78 is 0. The van der Waals surface area contributed by atoms with E-state index in [-0.39, 0.29) is 6.42 Å². The maximum Gasteiger partial charge on any atom is 0.304 e. The van der Waals surface area contributed by atoms with E-state index in [0.29, 0.717) is 13.1 Å². The Morgan fingerprint density at radius 2 is 1.93 bits per heavy atom. The van der Waals surface area contributed by atoms with E-state index < -0.39 is 5.97 Å². The number of nitrogens with zero attached hydrogens (tertiary/aromatic N) is 1. The zero-order chi connectivity index (χ0) is 10.2. The van der Waals surface area contributed by atoms with Gasteiger partial charge in [0.15, 0.2) is 0 Å². The van der Waals surface area contributed by atoms with Gasteiger partial charge in [-0.2, -0.15) is 0 Å². The van der Waals surface area contributed by atoms with Crippen molar-refractivity contribution in [1.29, 1.82) is 0 Å². The van der Waals surface area contributed by atoms with Gasteiger partial charge in [0.2, 0.25) is 0 Å². The molecule has 3 nitrogen and oxygen atoms in total. The molecule has 0 aromatic heterocycles. The Morgan fingerprint density at radius 1 is 1.21 bits per heavy atom. The van der Waals surface area contributed by atoms with Crippen molar-refractivity contribution in [2.24, 2.45) is 0 Å². The molecular weight excluding hydrogens is 178 g/mol. The maximum atomic E-state index is 10.2. The van der Waals surface area contributed by atoms with E-state index in [1.54, 1.807) is 0 Å². The van der Waals surface area contributed by atoms with Gasteiger partial charge in [0, 0.05) is 13.1 Å². The van der Waals surface area contributed by atoms with Crippen LogP contribution >= 0.6 is 0 Å². The average Bonchev–Trinajstić information content (AvgIpc) is 2.18. The second kappa shape index (κ2) is 6.16. The Bertz CT molecular complexity index is 272. The predicted molar refractivity (Wildman–Crippen MR) is 54.3 cm³/mol. The van der Waals surface area contributed by atoms with Crippen molar-refractivity contribution in [3.8, 4) is 0 Å². The normalized spacial score (nSPS) is 10.0. The number of rotatable bonds is 6.